The molecule has 0 aliphatic heterocycles. The van der Waals surface area contributed by atoms with Crippen LogP contribution < -0.4 is 0 Å². The summed E-state index contributed by atoms with van der Waals surface area (Å²) in [6, 6.07) is 1.87. The van der Waals surface area contributed by atoms with Crippen LogP contribution in [0.3, 0.4) is 0 Å². The van der Waals surface area contributed by atoms with Crippen molar-refractivity contribution >= 4 is 23.4 Å². The first-order valence-electron chi connectivity index (χ1n) is 5.92. The third kappa shape index (κ3) is 2.46. The molecule has 0 amide bonds. The van der Waals surface area contributed by atoms with Gasteiger partial charge in [0, 0.05) is 23.1 Å². The molecule has 4 nitrogen and oxygen atoms in total. The highest BCUT2D eigenvalue weighted by Crippen LogP contribution is 2.33. The maximum Gasteiger partial charge on any atom is 0.348 e. The first kappa shape index (κ1) is 13.5. The SMILES string of the molecule is C/C=C/c1cnn(C)c1-c1cc(C(=O)OC)sc1C. The number of ether oxygens (including phenoxy) is 1. The lowest BCUT2D eigenvalue weighted by Gasteiger charge is -2.02. The normalized spacial score (nSPS) is 11.2. The molecule has 0 saturated heterocycles. The zero-order valence-electron chi connectivity index (χ0n) is 11.4. The maximum absolute atomic E-state index is 11.6. The van der Waals surface area contributed by atoms with Gasteiger partial charge in [-0.15, -0.1) is 11.3 Å². The van der Waals surface area contributed by atoms with Gasteiger partial charge < -0.3 is 4.74 Å². The number of nitrogens with zero attached hydrogens (tertiary/aromatic N) is 2. The molecule has 0 aliphatic rings. The van der Waals surface area contributed by atoms with Gasteiger partial charge in [-0.3, -0.25) is 4.68 Å². The van der Waals surface area contributed by atoms with Crippen molar-refractivity contribution in [3.05, 3.63) is 33.7 Å². The summed E-state index contributed by atoms with van der Waals surface area (Å²) in [4.78, 5) is 13.3. The van der Waals surface area contributed by atoms with Crippen molar-refractivity contribution in [3.63, 3.8) is 0 Å². The Labute approximate surface area is 116 Å². The summed E-state index contributed by atoms with van der Waals surface area (Å²) in [5.74, 6) is -0.297. The highest BCUT2D eigenvalue weighted by molar-refractivity contribution is 7.14. The van der Waals surface area contributed by atoms with Crippen LogP contribution in [-0.2, 0) is 11.8 Å². The number of aromatic nitrogens is 2. The molecule has 19 heavy (non-hydrogen) atoms. The van der Waals surface area contributed by atoms with Crippen LogP contribution >= 0.6 is 11.3 Å². The summed E-state index contributed by atoms with van der Waals surface area (Å²) in [6.07, 6.45) is 5.81. The van der Waals surface area contributed by atoms with E-state index in [9.17, 15) is 4.79 Å². The Hall–Kier alpha value is -1.88. The first-order chi connectivity index (χ1) is 9.08. The molecule has 100 valence electrons. The van der Waals surface area contributed by atoms with Crippen LogP contribution in [0.25, 0.3) is 17.3 Å². The van der Waals surface area contributed by atoms with Gasteiger partial charge in [0.1, 0.15) is 4.88 Å². The van der Waals surface area contributed by atoms with E-state index in [1.54, 1.807) is 0 Å². The Morgan fingerprint density at radius 2 is 2.26 bits per heavy atom. The largest absolute Gasteiger partial charge is 0.465 e. The molecule has 2 heterocycles. The van der Waals surface area contributed by atoms with Gasteiger partial charge in [0.05, 0.1) is 19.0 Å². The molecule has 0 fully saturated rings. The lowest BCUT2D eigenvalue weighted by molar-refractivity contribution is 0.0606. The van der Waals surface area contributed by atoms with E-state index in [1.807, 2.05) is 50.0 Å². The lowest BCUT2D eigenvalue weighted by atomic mass is 10.1. The van der Waals surface area contributed by atoms with Crippen molar-refractivity contribution in [1.82, 2.24) is 9.78 Å². The van der Waals surface area contributed by atoms with Gasteiger partial charge in [-0.05, 0) is 19.9 Å². The molecule has 0 spiro atoms. The molecule has 2 aromatic heterocycles. The van der Waals surface area contributed by atoms with E-state index in [4.69, 9.17) is 4.74 Å². The van der Waals surface area contributed by atoms with Crippen LogP contribution in [0.4, 0.5) is 0 Å². The fraction of sp³-hybridized carbons (Fsp3) is 0.286. The minimum atomic E-state index is -0.297. The minimum Gasteiger partial charge on any atom is -0.465 e. The molecule has 0 atom stereocenters. The van der Waals surface area contributed by atoms with Crippen LogP contribution in [0, 0.1) is 6.92 Å². The van der Waals surface area contributed by atoms with Gasteiger partial charge >= 0.3 is 5.97 Å². The Kier molecular flexibility index (Phi) is 3.85. The van der Waals surface area contributed by atoms with Crippen LogP contribution in [-0.4, -0.2) is 22.9 Å². The fourth-order valence-electron chi connectivity index (χ4n) is 2.00. The summed E-state index contributed by atoms with van der Waals surface area (Å²) in [7, 11) is 3.30. The third-order valence-electron chi connectivity index (χ3n) is 2.87. The molecule has 2 aromatic rings. The average molecular weight is 276 g/mol. The van der Waals surface area contributed by atoms with E-state index >= 15 is 0 Å². The molecule has 0 N–H and O–H groups in total. The van der Waals surface area contributed by atoms with E-state index in [0.29, 0.717) is 4.88 Å². The molecule has 0 saturated carbocycles. The Bertz CT molecular complexity index is 638. The summed E-state index contributed by atoms with van der Waals surface area (Å²) >= 11 is 1.44. The predicted octanol–water partition coefficient (Wildman–Crippen LogP) is 3.28. The van der Waals surface area contributed by atoms with E-state index in [-0.39, 0.29) is 5.97 Å². The molecule has 0 aliphatic carbocycles. The molecule has 0 bridgehead atoms. The second-order valence-corrected chi connectivity index (χ2v) is 5.40. The topological polar surface area (TPSA) is 44.1 Å². The number of carbonyl (C=O) groups excluding carboxylic acids is 1. The average Bonchev–Trinajstić information content (AvgIpc) is 2.93. The molecule has 0 aromatic carbocycles. The summed E-state index contributed by atoms with van der Waals surface area (Å²) in [5.41, 5.74) is 3.09. The molecular weight excluding hydrogens is 260 g/mol. The molecule has 2 rings (SSSR count). The fourth-order valence-corrected chi connectivity index (χ4v) is 2.94. The number of thiophene rings is 1. The van der Waals surface area contributed by atoms with E-state index in [0.717, 1.165) is 21.7 Å². The number of rotatable bonds is 3. The third-order valence-corrected chi connectivity index (χ3v) is 3.90. The number of carbonyl (C=O) groups is 1. The Balaban J connectivity index is 2.56. The van der Waals surface area contributed by atoms with E-state index < -0.39 is 0 Å². The van der Waals surface area contributed by atoms with E-state index in [1.165, 1.54) is 18.4 Å². The highest BCUT2D eigenvalue weighted by Gasteiger charge is 2.17. The maximum atomic E-state index is 11.6. The zero-order valence-corrected chi connectivity index (χ0v) is 12.2. The van der Waals surface area contributed by atoms with Gasteiger partial charge in [0.15, 0.2) is 0 Å². The first-order valence-corrected chi connectivity index (χ1v) is 6.74. The van der Waals surface area contributed by atoms with Crippen molar-refractivity contribution in [2.24, 2.45) is 7.05 Å². The molecular formula is C14H16N2O2S. The van der Waals surface area contributed by atoms with Crippen molar-refractivity contribution in [1.29, 1.82) is 0 Å². The Morgan fingerprint density at radius 1 is 1.53 bits per heavy atom. The van der Waals surface area contributed by atoms with Crippen molar-refractivity contribution < 1.29 is 9.53 Å². The number of hydrogen-bond acceptors (Lipinski definition) is 4. The van der Waals surface area contributed by atoms with Gasteiger partial charge in [0.25, 0.3) is 0 Å². The number of esters is 1. The van der Waals surface area contributed by atoms with Crippen LogP contribution in [0.15, 0.2) is 18.3 Å². The van der Waals surface area contributed by atoms with E-state index in [2.05, 4.69) is 5.10 Å². The molecule has 0 radical (unpaired) electrons. The summed E-state index contributed by atoms with van der Waals surface area (Å²) in [6.45, 7) is 3.97. The number of methoxy groups -OCH3 is 1. The van der Waals surface area contributed by atoms with Crippen LogP contribution in [0.2, 0.25) is 0 Å². The van der Waals surface area contributed by atoms with Crippen LogP contribution in [0.1, 0.15) is 27.0 Å². The second-order valence-electron chi connectivity index (χ2n) is 4.14. The molecule has 5 heteroatoms. The van der Waals surface area contributed by atoms with Gasteiger partial charge in [-0.2, -0.15) is 5.10 Å². The number of aryl methyl sites for hydroxylation is 2. The highest BCUT2D eigenvalue weighted by atomic mass is 32.1. The number of allylic oxidation sites excluding steroid dienone is 1. The summed E-state index contributed by atoms with van der Waals surface area (Å²) < 4.78 is 6.59. The van der Waals surface area contributed by atoms with Crippen molar-refractivity contribution in [2.75, 3.05) is 7.11 Å². The monoisotopic (exact) mass is 276 g/mol. The zero-order chi connectivity index (χ0) is 14.0. The van der Waals surface area contributed by atoms with Gasteiger partial charge in [0.2, 0.25) is 0 Å². The molecule has 0 unspecified atom stereocenters. The smallest absolute Gasteiger partial charge is 0.348 e. The van der Waals surface area contributed by atoms with Crippen molar-refractivity contribution in [2.45, 2.75) is 13.8 Å². The predicted molar refractivity (Wildman–Crippen MR) is 77.3 cm³/mol. The standard InChI is InChI=1S/C14H16N2O2S/c1-5-6-10-8-15-16(3)13(10)11-7-12(14(17)18-4)19-9(11)2/h5-8H,1-4H3/b6-5+. The quantitative estimate of drug-likeness (QED) is 0.808. The van der Waals surface area contributed by atoms with Crippen molar-refractivity contribution in [3.8, 4) is 11.3 Å². The van der Waals surface area contributed by atoms with Gasteiger partial charge in [-0.1, -0.05) is 12.2 Å². The Morgan fingerprint density at radius 3 is 2.89 bits per heavy atom. The van der Waals surface area contributed by atoms with Crippen LogP contribution in [0.5, 0.6) is 0 Å². The minimum absolute atomic E-state index is 0.297. The number of hydrogen-bond donors (Lipinski definition) is 0. The lowest BCUT2D eigenvalue weighted by Crippen LogP contribution is -1.97. The summed E-state index contributed by atoms with van der Waals surface area (Å²) in [5, 5.41) is 4.28. The van der Waals surface area contributed by atoms with Gasteiger partial charge in [-0.25, -0.2) is 4.79 Å². The second kappa shape index (κ2) is 5.40.